The number of para-hydroxylation sites is 1. The molecule has 18 heavy (non-hydrogen) atoms. The van der Waals surface area contributed by atoms with Crippen LogP contribution in [0.3, 0.4) is 0 Å². The number of benzene rings is 1. The van der Waals surface area contributed by atoms with E-state index in [0.29, 0.717) is 4.83 Å². The fourth-order valence-corrected chi connectivity index (χ4v) is 3.67. The van der Waals surface area contributed by atoms with Gasteiger partial charge in [-0.1, -0.05) is 59.8 Å². The molecule has 1 saturated carbocycles. The summed E-state index contributed by atoms with van der Waals surface area (Å²) in [5.41, 5.74) is 1.08. The SMILES string of the molecule is O=[N+]([O-])c1ccccc1CC(Br)CC1CCCC1. The molecule has 1 aliphatic rings. The molecule has 98 valence electrons. The van der Waals surface area contributed by atoms with Crippen LogP contribution in [0.4, 0.5) is 5.69 Å². The lowest BCUT2D eigenvalue weighted by Crippen LogP contribution is -2.09. The predicted molar refractivity (Wildman–Crippen MR) is 76.1 cm³/mol. The molecule has 1 atom stereocenters. The van der Waals surface area contributed by atoms with Gasteiger partial charge in [0, 0.05) is 16.5 Å². The number of alkyl halides is 1. The molecule has 2 rings (SSSR count). The van der Waals surface area contributed by atoms with Gasteiger partial charge in [0.15, 0.2) is 0 Å². The summed E-state index contributed by atoms with van der Waals surface area (Å²) >= 11 is 3.69. The second-order valence-electron chi connectivity index (χ2n) is 5.07. The lowest BCUT2D eigenvalue weighted by atomic mass is 9.97. The van der Waals surface area contributed by atoms with Crippen LogP contribution in [0.1, 0.15) is 37.7 Å². The van der Waals surface area contributed by atoms with Gasteiger partial charge in [-0.3, -0.25) is 10.1 Å². The second-order valence-corrected chi connectivity index (χ2v) is 6.37. The molecule has 1 fully saturated rings. The Balaban J connectivity index is 1.97. The first-order chi connectivity index (χ1) is 8.66. The molecule has 1 aliphatic carbocycles. The highest BCUT2D eigenvalue weighted by molar-refractivity contribution is 9.09. The number of hydrogen-bond acceptors (Lipinski definition) is 2. The zero-order chi connectivity index (χ0) is 13.0. The molecule has 4 heteroatoms. The Kier molecular flexibility index (Phi) is 4.75. The summed E-state index contributed by atoms with van der Waals surface area (Å²) in [6, 6.07) is 7.05. The van der Waals surface area contributed by atoms with Crippen LogP contribution in [-0.2, 0) is 6.42 Å². The number of nitro groups is 1. The highest BCUT2D eigenvalue weighted by Crippen LogP contribution is 2.32. The van der Waals surface area contributed by atoms with Crippen molar-refractivity contribution in [2.24, 2.45) is 5.92 Å². The van der Waals surface area contributed by atoms with Crippen molar-refractivity contribution in [1.29, 1.82) is 0 Å². The van der Waals surface area contributed by atoms with Crippen LogP contribution in [0.15, 0.2) is 24.3 Å². The lowest BCUT2D eigenvalue weighted by Gasteiger charge is -2.14. The zero-order valence-corrected chi connectivity index (χ0v) is 11.9. The van der Waals surface area contributed by atoms with Gasteiger partial charge in [0.25, 0.3) is 5.69 Å². The highest BCUT2D eigenvalue weighted by atomic mass is 79.9. The molecule has 0 aliphatic heterocycles. The molecule has 0 N–H and O–H groups in total. The van der Waals surface area contributed by atoms with Gasteiger partial charge in [-0.05, 0) is 18.8 Å². The van der Waals surface area contributed by atoms with Crippen molar-refractivity contribution in [2.75, 3.05) is 0 Å². The minimum absolute atomic E-state index is 0.244. The van der Waals surface area contributed by atoms with Crippen LogP contribution in [0.25, 0.3) is 0 Å². The van der Waals surface area contributed by atoms with Crippen molar-refractivity contribution in [1.82, 2.24) is 0 Å². The van der Waals surface area contributed by atoms with Gasteiger partial charge < -0.3 is 0 Å². The molecule has 3 nitrogen and oxygen atoms in total. The Labute approximate surface area is 116 Å². The first-order valence-corrected chi connectivity index (χ1v) is 7.44. The molecule has 0 spiro atoms. The van der Waals surface area contributed by atoms with Crippen LogP contribution >= 0.6 is 15.9 Å². The van der Waals surface area contributed by atoms with Gasteiger partial charge in [0.2, 0.25) is 0 Å². The topological polar surface area (TPSA) is 43.1 Å². The first-order valence-electron chi connectivity index (χ1n) is 6.53. The minimum atomic E-state index is -0.287. The molecule has 1 aromatic rings. The van der Waals surface area contributed by atoms with E-state index >= 15 is 0 Å². The van der Waals surface area contributed by atoms with Crippen LogP contribution in [-0.4, -0.2) is 9.75 Å². The van der Waals surface area contributed by atoms with Crippen LogP contribution in [0, 0.1) is 16.0 Å². The van der Waals surface area contributed by atoms with Crippen molar-refractivity contribution in [3.8, 4) is 0 Å². The summed E-state index contributed by atoms with van der Waals surface area (Å²) in [4.78, 5) is 11.0. The summed E-state index contributed by atoms with van der Waals surface area (Å²) in [6.07, 6.45) is 7.20. The van der Waals surface area contributed by atoms with E-state index in [0.717, 1.165) is 24.3 Å². The molecular formula is C14H18BrNO2. The van der Waals surface area contributed by atoms with E-state index in [-0.39, 0.29) is 10.6 Å². The predicted octanol–water partition coefficient (Wildman–Crippen LogP) is 4.48. The highest BCUT2D eigenvalue weighted by Gasteiger charge is 2.21. The number of rotatable bonds is 5. The van der Waals surface area contributed by atoms with E-state index in [1.165, 1.54) is 25.7 Å². The Hall–Kier alpha value is -0.900. The molecule has 1 aromatic carbocycles. The maximum atomic E-state index is 10.9. The number of nitrogens with zero attached hydrogens (tertiary/aromatic N) is 1. The third kappa shape index (κ3) is 3.55. The minimum Gasteiger partial charge on any atom is -0.258 e. The monoisotopic (exact) mass is 311 g/mol. The standard InChI is InChI=1S/C14H18BrNO2/c15-13(9-11-5-1-2-6-11)10-12-7-3-4-8-14(12)16(17)18/h3-4,7-8,11,13H,1-2,5-6,9-10H2. The first kappa shape index (κ1) is 13.5. The van der Waals surface area contributed by atoms with Crippen molar-refractivity contribution < 1.29 is 4.92 Å². The Morgan fingerprint density at radius 3 is 2.67 bits per heavy atom. The molecule has 0 saturated heterocycles. The molecule has 0 amide bonds. The maximum Gasteiger partial charge on any atom is 0.272 e. The molecular weight excluding hydrogens is 294 g/mol. The van der Waals surface area contributed by atoms with E-state index in [1.807, 2.05) is 12.1 Å². The number of hydrogen-bond donors (Lipinski definition) is 0. The largest absolute Gasteiger partial charge is 0.272 e. The quantitative estimate of drug-likeness (QED) is 0.457. The Morgan fingerprint density at radius 1 is 1.33 bits per heavy atom. The third-order valence-electron chi connectivity index (χ3n) is 3.69. The Morgan fingerprint density at radius 2 is 2.00 bits per heavy atom. The van der Waals surface area contributed by atoms with Crippen LogP contribution in [0.2, 0.25) is 0 Å². The van der Waals surface area contributed by atoms with Gasteiger partial charge >= 0.3 is 0 Å². The molecule has 1 unspecified atom stereocenters. The zero-order valence-electron chi connectivity index (χ0n) is 10.3. The van der Waals surface area contributed by atoms with Gasteiger partial charge in [-0.15, -0.1) is 0 Å². The number of nitro benzene ring substituents is 1. The van der Waals surface area contributed by atoms with Crippen molar-refractivity contribution in [2.45, 2.75) is 43.4 Å². The van der Waals surface area contributed by atoms with Crippen LogP contribution in [0.5, 0.6) is 0 Å². The average Bonchev–Trinajstić information content (AvgIpc) is 2.82. The maximum absolute atomic E-state index is 10.9. The summed E-state index contributed by atoms with van der Waals surface area (Å²) in [6.45, 7) is 0. The smallest absolute Gasteiger partial charge is 0.258 e. The summed E-state index contributed by atoms with van der Waals surface area (Å²) < 4.78 is 0. The number of halogens is 1. The summed E-state index contributed by atoms with van der Waals surface area (Å²) in [5, 5.41) is 10.9. The normalized spacial score (nSPS) is 17.8. The molecule has 0 radical (unpaired) electrons. The third-order valence-corrected chi connectivity index (χ3v) is 4.39. The van der Waals surface area contributed by atoms with E-state index in [9.17, 15) is 10.1 Å². The van der Waals surface area contributed by atoms with E-state index in [1.54, 1.807) is 12.1 Å². The lowest BCUT2D eigenvalue weighted by molar-refractivity contribution is -0.385. The average molecular weight is 312 g/mol. The van der Waals surface area contributed by atoms with E-state index in [4.69, 9.17) is 0 Å². The fourth-order valence-electron chi connectivity index (χ4n) is 2.79. The Bertz CT molecular complexity index is 416. The van der Waals surface area contributed by atoms with Crippen molar-refractivity contribution in [3.05, 3.63) is 39.9 Å². The summed E-state index contributed by atoms with van der Waals surface area (Å²) in [5.74, 6) is 0.803. The second kappa shape index (κ2) is 6.32. The summed E-state index contributed by atoms with van der Waals surface area (Å²) in [7, 11) is 0. The van der Waals surface area contributed by atoms with E-state index in [2.05, 4.69) is 15.9 Å². The van der Waals surface area contributed by atoms with Gasteiger partial charge in [0.05, 0.1) is 4.92 Å². The van der Waals surface area contributed by atoms with Crippen LogP contribution < -0.4 is 0 Å². The van der Waals surface area contributed by atoms with E-state index < -0.39 is 0 Å². The fraction of sp³-hybridized carbons (Fsp3) is 0.571. The van der Waals surface area contributed by atoms with Gasteiger partial charge in [-0.25, -0.2) is 0 Å². The van der Waals surface area contributed by atoms with Crippen molar-refractivity contribution >= 4 is 21.6 Å². The van der Waals surface area contributed by atoms with Gasteiger partial charge in [0.1, 0.15) is 0 Å². The van der Waals surface area contributed by atoms with Crippen molar-refractivity contribution in [3.63, 3.8) is 0 Å². The molecule has 0 heterocycles. The van der Waals surface area contributed by atoms with Gasteiger partial charge in [-0.2, -0.15) is 0 Å². The molecule has 0 bridgehead atoms. The molecule has 0 aromatic heterocycles.